The van der Waals surface area contributed by atoms with Crippen LogP contribution in [-0.4, -0.2) is 56.2 Å². The van der Waals surface area contributed by atoms with Gasteiger partial charge in [0.05, 0.1) is 18.9 Å². The standard InChI is InChI=1S/C31H37F3N2O4/c1-38-25-12-8-11-24(18-25)29-15-6-7-16-30(29,39-2)21-36(20-23-13-14-23)27(19-29)35-28(37)26(40-31(32,33)34)17-22-9-4-3-5-10-22/h3-5,8-12,17-18,23,27H,6-7,13-16,19-21H2,1-2H3,(H,35,37)/t27-,29-,30?/m0/s1. The number of hydrogen-bond donors (Lipinski definition) is 1. The topological polar surface area (TPSA) is 60.0 Å². The lowest BCUT2D eigenvalue weighted by Gasteiger charge is -2.60. The van der Waals surface area contributed by atoms with E-state index in [2.05, 4.69) is 21.0 Å². The van der Waals surface area contributed by atoms with E-state index in [1.54, 1.807) is 44.6 Å². The fourth-order valence-corrected chi connectivity index (χ4v) is 6.68. The molecule has 2 aliphatic carbocycles. The molecule has 3 aliphatic rings. The Morgan fingerprint density at radius 2 is 1.82 bits per heavy atom. The van der Waals surface area contributed by atoms with E-state index >= 15 is 0 Å². The zero-order valence-electron chi connectivity index (χ0n) is 23.0. The second-order valence-electron chi connectivity index (χ2n) is 11.3. The number of alkyl halides is 3. The number of carbonyl (C=O) groups is 1. The Balaban J connectivity index is 1.51. The SMILES string of the molecule is COc1cccc([C@@]23CCCCC2(OC)CN(CC2CC2)[C@H](NC(=O)C(=Cc2ccccc2)OC(F)(F)F)C3)c1. The quantitative estimate of drug-likeness (QED) is 0.301. The Morgan fingerprint density at radius 3 is 2.50 bits per heavy atom. The van der Waals surface area contributed by atoms with Gasteiger partial charge < -0.3 is 19.5 Å². The van der Waals surface area contributed by atoms with Crippen molar-refractivity contribution < 1.29 is 32.2 Å². The van der Waals surface area contributed by atoms with Crippen LogP contribution in [0.4, 0.5) is 13.2 Å². The van der Waals surface area contributed by atoms with Gasteiger partial charge in [-0.25, -0.2) is 0 Å². The molecule has 1 unspecified atom stereocenters. The second kappa shape index (κ2) is 11.4. The number of ether oxygens (including phenoxy) is 3. The molecule has 9 heteroatoms. The molecule has 3 fully saturated rings. The molecule has 0 spiro atoms. The number of nitrogens with one attached hydrogen (secondary N) is 1. The number of carbonyl (C=O) groups excluding carboxylic acids is 1. The zero-order chi connectivity index (χ0) is 28.4. The molecule has 1 heterocycles. The maximum Gasteiger partial charge on any atom is 0.573 e. The van der Waals surface area contributed by atoms with E-state index in [-0.39, 0.29) is 0 Å². The van der Waals surface area contributed by atoms with Crippen LogP contribution in [0.3, 0.4) is 0 Å². The average Bonchev–Trinajstić information content (AvgIpc) is 3.77. The van der Waals surface area contributed by atoms with Gasteiger partial charge in [0.15, 0.2) is 5.76 Å². The molecular formula is C31H37F3N2O4. The number of hydrogen-bond acceptors (Lipinski definition) is 5. The number of fused-ring (bicyclic) bond motifs is 1. The Kier molecular flexibility index (Phi) is 8.15. The Morgan fingerprint density at radius 1 is 1.07 bits per heavy atom. The highest BCUT2D eigenvalue weighted by molar-refractivity contribution is 5.96. The number of likely N-dealkylation sites (tertiary alicyclic amines) is 1. The van der Waals surface area contributed by atoms with Crippen LogP contribution < -0.4 is 10.1 Å². The van der Waals surface area contributed by atoms with Gasteiger partial charge in [-0.3, -0.25) is 9.69 Å². The van der Waals surface area contributed by atoms with Gasteiger partial charge in [0.25, 0.3) is 5.91 Å². The lowest BCUT2D eigenvalue weighted by molar-refractivity contribution is -0.304. The summed E-state index contributed by atoms with van der Waals surface area (Å²) in [5, 5.41) is 2.95. The molecule has 5 rings (SSSR count). The Hall–Kier alpha value is -3.04. The first-order chi connectivity index (χ1) is 19.2. The van der Waals surface area contributed by atoms with Crippen LogP contribution in [0, 0.1) is 5.92 Å². The fourth-order valence-electron chi connectivity index (χ4n) is 6.68. The van der Waals surface area contributed by atoms with Gasteiger partial charge in [-0.05, 0) is 67.4 Å². The van der Waals surface area contributed by atoms with Crippen LogP contribution in [0.1, 0.15) is 56.1 Å². The van der Waals surface area contributed by atoms with Crippen molar-refractivity contribution in [1.29, 1.82) is 0 Å². The predicted molar refractivity (Wildman–Crippen MR) is 145 cm³/mol. The van der Waals surface area contributed by atoms with Crippen molar-refractivity contribution >= 4 is 12.0 Å². The number of halogens is 3. The molecule has 1 amide bonds. The van der Waals surface area contributed by atoms with Gasteiger partial charge >= 0.3 is 6.36 Å². The van der Waals surface area contributed by atoms with E-state index in [0.29, 0.717) is 24.4 Å². The van der Waals surface area contributed by atoms with Crippen LogP contribution in [0.15, 0.2) is 60.4 Å². The highest BCUT2D eigenvalue weighted by Gasteiger charge is 2.60. The molecule has 1 N–H and O–H groups in total. The summed E-state index contributed by atoms with van der Waals surface area (Å²) in [6.07, 6.45) is 2.04. The first kappa shape index (κ1) is 28.5. The summed E-state index contributed by atoms with van der Waals surface area (Å²) in [6.45, 7) is 1.32. The van der Waals surface area contributed by atoms with Crippen LogP contribution >= 0.6 is 0 Å². The lowest BCUT2D eigenvalue weighted by Crippen LogP contribution is -2.70. The minimum atomic E-state index is -5.01. The summed E-state index contributed by atoms with van der Waals surface area (Å²) in [4.78, 5) is 15.7. The molecule has 0 aromatic heterocycles. The van der Waals surface area contributed by atoms with E-state index in [9.17, 15) is 18.0 Å². The molecule has 1 saturated heterocycles. The maximum absolute atomic E-state index is 13.5. The first-order valence-electron chi connectivity index (χ1n) is 13.9. The van der Waals surface area contributed by atoms with Crippen molar-refractivity contribution in [2.24, 2.45) is 5.92 Å². The number of amides is 1. The number of piperidine rings is 1. The van der Waals surface area contributed by atoms with Crippen LogP contribution in [0.2, 0.25) is 0 Å². The molecular weight excluding hydrogens is 521 g/mol. The highest BCUT2D eigenvalue weighted by Crippen LogP contribution is 2.55. The average molecular weight is 559 g/mol. The van der Waals surface area contributed by atoms with E-state index < -0.39 is 35.2 Å². The number of methoxy groups -OCH3 is 2. The van der Waals surface area contributed by atoms with Gasteiger partial charge in [-0.2, -0.15) is 0 Å². The Labute approximate surface area is 233 Å². The number of nitrogens with zero attached hydrogens (tertiary/aromatic N) is 1. The third kappa shape index (κ3) is 6.00. The highest BCUT2D eigenvalue weighted by atomic mass is 19.4. The predicted octanol–water partition coefficient (Wildman–Crippen LogP) is 6.03. The van der Waals surface area contributed by atoms with Gasteiger partial charge in [0, 0.05) is 25.6 Å². The minimum absolute atomic E-state index is 0.439. The summed E-state index contributed by atoms with van der Waals surface area (Å²) in [5.74, 6) is -0.441. The van der Waals surface area contributed by atoms with Crippen LogP contribution in [0.5, 0.6) is 5.75 Å². The molecule has 3 atom stereocenters. The molecule has 6 nitrogen and oxygen atoms in total. The van der Waals surface area contributed by atoms with E-state index in [1.807, 2.05) is 18.2 Å². The largest absolute Gasteiger partial charge is 0.573 e. The lowest BCUT2D eigenvalue weighted by atomic mass is 9.55. The fraction of sp³-hybridized carbons (Fsp3) is 0.516. The number of rotatable bonds is 9. The van der Waals surface area contributed by atoms with Crippen molar-refractivity contribution in [2.45, 2.75) is 68.5 Å². The van der Waals surface area contributed by atoms with E-state index in [0.717, 1.165) is 62.5 Å². The first-order valence-corrected chi connectivity index (χ1v) is 13.9. The second-order valence-corrected chi connectivity index (χ2v) is 11.3. The van der Waals surface area contributed by atoms with Crippen molar-refractivity contribution in [3.8, 4) is 5.75 Å². The summed E-state index contributed by atoms with van der Waals surface area (Å²) in [6, 6.07) is 16.3. The van der Waals surface area contributed by atoms with Crippen molar-refractivity contribution in [3.63, 3.8) is 0 Å². The van der Waals surface area contributed by atoms with Crippen molar-refractivity contribution in [1.82, 2.24) is 10.2 Å². The maximum atomic E-state index is 13.5. The van der Waals surface area contributed by atoms with E-state index in [1.165, 1.54) is 0 Å². The van der Waals surface area contributed by atoms with Gasteiger partial charge in [-0.1, -0.05) is 55.3 Å². The monoisotopic (exact) mass is 558 g/mol. The molecule has 0 bridgehead atoms. The van der Waals surface area contributed by atoms with E-state index in [4.69, 9.17) is 9.47 Å². The zero-order valence-corrected chi connectivity index (χ0v) is 23.0. The van der Waals surface area contributed by atoms with Gasteiger partial charge in [0.1, 0.15) is 5.75 Å². The van der Waals surface area contributed by atoms with Crippen molar-refractivity contribution in [3.05, 3.63) is 71.5 Å². The third-order valence-electron chi connectivity index (χ3n) is 8.79. The normalized spacial score (nSPS) is 27.5. The molecule has 2 aromatic rings. The third-order valence-corrected chi connectivity index (χ3v) is 8.79. The smallest absolute Gasteiger partial charge is 0.497 e. The van der Waals surface area contributed by atoms with Crippen LogP contribution in [0.25, 0.3) is 6.08 Å². The van der Waals surface area contributed by atoms with Gasteiger partial charge in [-0.15, -0.1) is 13.2 Å². The molecule has 0 radical (unpaired) electrons. The summed E-state index contributed by atoms with van der Waals surface area (Å²) in [5.41, 5.74) is 0.541. The molecule has 2 saturated carbocycles. The summed E-state index contributed by atoms with van der Waals surface area (Å²) < 4.78 is 56.4. The number of benzene rings is 2. The molecule has 2 aromatic carbocycles. The molecule has 40 heavy (non-hydrogen) atoms. The summed E-state index contributed by atoms with van der Waals surface area (Å²) >= 11 is 0. The molecule has 1 aliphatic heterocycles. The Bertz CT molecular complexity index is 1220. The van der Waals surface area contributed by atoms with Crippen molar-refractivity contribution in [2.75, 3.05) is 27.3 Å². The minimum Gasteiger partial charge on any atom is -0.497 e. The van der Waals surface area contributed by atoms with Crippen LogP contribution in [-0.2, 0) is 19.7 Å². The van der Waals surface area contributed by atoms with Gasteiger partial charge in [0.2, 0.25) is 0 Å². The summed E-state index contributed by atoms with van der Waals surface area (Å²) in [7, 11) is 3.38. The molecule has 216 valence electrons.